The summed E-state index contributed by atoms with van der Waals surface area (Å²) < 4.78 is 82.1. The Morgan fingerprint density at radius 2 is 1.69 bits per heavy atom. The monoisotopic (exact) mass is 562 g/mol. The molecule has 3 aliphatic heterocycles. The Kier molecular flexibility index (Phi) is 7.83. The van der Waals surface area contributed by atoms with Crippen molar-refractivity contribution < 1.29 is 41.0 Å². The van der Waals surface area contributed by atoms with Crippen molar-refractivity contribution in [2.75, 3.05) is 31.1 Å². The van der Waals surface area contributed by atoms with Gasteiger partial charge < -0.3 is 31.4 Å². The summed E-state index contributed by atoms with van der Waals surface area (Å²) in [4.78, 5) is 31.6. The van der Waals surface area contributed by atoms with Crippen LogP contribution in [0, 0.1) is 17.2 Å². The molecular weight excluding hydrogens is 534 g/mol. The highest BCUT2D eigenvalue weighted by atomic mass is 19.4. The molecule has 5 N–H and O–H groups in total. The van der Waals surface area contributed by atoms with E-state index in [-0.39, 0.29) is 31.7 Å². The van der Waals surface area contributed by atoms with Crippen LogP contribution in [0.4, 0.5) is 32.2 Å². The number of hydrogen-bond donors (Lipinski definition) is 4. The molecule has 3 aliphatic rings. The zero-order valence-corrected chi connectivity index (χ0v) is 20.7. The number of carbonyl (C=O) groups excluding carboxylic acids is 2. The summed E-state index contributed by atoms with van der Waals surface area (Å²) in [5.74, 6) is -5.97. The van der Waals surface area contributed by atoms with Crippen LogP contribution in [0.2, 0.25) is 0 Å². The van der Waals surface area contributed by atoms with Gasteiger partial charge in [0.05, 0.1) is 11.1 Å². The van der Waals surface area contributed by atoms with Crippen molar-refractivity contribution in [1.29, 1.82) is 5.41 Å². The Hall–Kier alpha value is -3.36. The SMILES string of the molecule is N=C(C1=C(N)NC(=O)[C@H](O)[C@@H]1C(F)(F)F)C1CCN(c2cc(C(=O)N3CCCCC3)c(C(F)(F)F)cn2)CC1. The molecule has 2 fully saturated rings. The summed E-state index contributed by atoms with van der Waals surface area (Å²) in [6.07, 6.45) is -9.14. The standard InChI is InChI=1S/C24H28F6N6O3/c25-23(26,27)14-11-33-15(10-13(14)22(39)36-6-2-1-3-7-36)35-8-4-12(5-9-35)18(31)16-17(24(28,29)30)19(37)21(38)34-20(16)32/h10-12,17,19,31,37H,1-9,32H2,(H,34,38)/t17-,19-/m1/s1. The van der Waals surface area contributed by atoms with Gasteiger partial charge in [-0.2, -0.15) is 26.3 Å². The fraction of sp³-hybridized carbons (Fsp3) is 0.583. The molecule has 0 aliphatic carbocycles. The van der Waals surface area contributed by atoms with Crippen molar-refractivity contribution in [3.05, 3.63) is 34.8 Å². The minimum atomic E-state index is -5.04. The largest absolute Gasteiger partial charge is 0.418 e. The number of aliphatic hydroxyl groups is 1. The van der Waals surface area contributed by atoms with E-state index in [1.807, 2.05) is 5.32 Å². The Morgan fingerprint density at radius 1 is 1.08 bits per heavy atom. The van der Waals surface area contributed by atoms with Crippen molar-refractivity contribution in [2.45, 2.75) is 50.6 Å². The van der Waals surface area contributed by atoms with Crippen LogP contribution in [0.15, 0.2) is 23.7 Å². The van der Waals surface area contributed by atoms with E-state index >= 15 is 0 Å². The third kappa shape index (κ3) is 5.82. The molecule has 1 aromatic heterocycles. The average Bonchev–Trinajstić information content (AvgIpc) is 2.88. The van der Waals surface area contributed by atoms with Crippen molar-refractivity contribution in [1.82, 2.24) is 15.2 Å². The molecule has 4 heterocycles. The number of alkyl halides is 6. The second-order valence-corrected chi connectivity index (χ2v) is 9.89. The molecular formula is C24H28F6N6O3. The number of anilines is 1. The van der Waals surface area contributed by atoms with E-state index in [4.69, 9.17) is 11.1 Å². The maximum Gasteiger partial charge on any atom is 0.418 e. The lowest BCUT2D eigenvalue weighted by atomic mass is 9.79. The number of likely N-dealkylation sites (tertiary alicyclic amines) is 1. The number of pyridine rings is 1. The fourth-order valence-electron chi connectivity index (χ4n) is 5.31. The Labute approximate surface area is 219 Å². The van der Waals surface area contributed by atoms with E-state index in [1.165, 1.54) is 4.90 Å². The topological polar surface area (TPSA) is 136 Å². The number of piperidine rings is 2. The van der Waals surface area contributed by atoms with Gasteiger partial charge in [0.25, 0.3) is 11.8 Å². The number of aliphatic hydroxyl groups excluding tert-OH is 1. The second kappa shape index (κ2) is 10.7. The third-order valence-corrected chi connectivity index (χ3v) is 7.38. The van der Waals surface area contributed by atoms with Gasteiger partial charge >= 0.3 is 12.4 Å². The molecule has 2 atom stereocenters. The van der Waals surface area contributed by atoms with Crippen molar-refractivity contribution >= 4 is 23.3 Å². The molecule has 0 spiro atoms. The van der Waals surface area contributed by atoms with Crippen molar-refractivity contribution in [3.63, 3.8) is 0 Å². The molecule has 0 saturated carbocycles. The number of nitrogens with zero attached hydrogens (tertiary/aromatic N) is 3. The van der Waals surface area contributed by atoms with Gasteiger partial charge in [0.2, 0.25) is 0 Å². The summed E-state index contributed by atoms with van der Waals surface area (Å²) in [6, 6.07) is 1.10. The van der Waals surface area contributed by atoms with Gasteiger partial charge in [-0.25, -0.2) is 4.98 Å². The summed E-state index contributed by atoms with van der Waals surface area (Å²) in [5.41, 5.74) is 2.82. The maximum absolute atomic E-state index is 13.7. The third-order valence-electron chi connectivity index (χ3n) is 7.38. The molecule has 0 aromatic carbocycles. The molecule has 1 aromatic rings. The van der Waals surface area contributed by atoms with Crippen LogP contribution in [0.25, 0.3) is 0 Å². The lowest BCUT2D eigenvalue weighted by molar-refractivity contribution is -0.192. The predicted octanol–water partition coefficient (Wildman–Crippen LogP) is 2.80. The molecule has 0 bridgehead atoms. The summed E-state index contributed by atoms with van der Waals surface area (Å²) in [6.45, 7) is 0.964. The van der Waals surface area contributed by atoms with E-state index in [2.05, 4.69) is 4.98 Å². The van der Waals surface area contributed by atoms with Crippen LogP contribution < -0.4 is 16.0 Å². The molecule has 0 unspecified atom stereocenters. The van der Waals surface area contributed by atoms with Crippen molar-refractivity contribution in [3.8, 4) is 0 Å². The second-order valence-electron chi connectivity index (χ2n) is 9.89. The van der Waals surface area contributed by atoms with Crippen LogP contribution in [0.5, 0.6) is 0 Å². The molecule has 2 amide bonds. The number of nitrogens with two attached hydrogens (primary N) is 1. The summed E-state index contributed by atoms with van der Waals surface area (Å²) in [5, 5.41) is 20.3. The van der Waals surface area contributed by atoms with E-state index < -0.39 is 70.3 Å². The molecule has 2 saturated heterocycles. The average molecular weight is 563 g/mol. The van der Waals surface area contributed by atoms with Gasteiger partial charge in [-0.15, -0.1) is 0 Å². The zero-order chi connectivity index (χ0) is 28.7. The van der Waals surface area contributed by atoms with Gasteiger partial charge in [-0.3, -0.25) is 9.59 Å². The highest BCUT2D eigenvalue weighted by molar-refractivity contribution is 6.03. The first-order valence-corrected chi connectivity index (χ1v) is 12.5. The molecule has 39 heavy (non-hydrogen) atoms. The first kappa shape index (κ1) is 28.6. The number of nitrogens with one attached hydrogen (secondary N) is 2. The highest BCUT2D eigenvalue weighted by Crippen LogP contribution is 2.40. The summed E-state index contributed by atoms with van der Waals surface area (Å²) in [7, 11) is 0. The summed E-state index contributed by atoms with van der Waals surface area (Å²) >= 11 is 0. The molecule has 0 radical (unpaired) electrons. The highest BCUT2D eigenvalue weighted by Gasteiger charge is 2.54. The van der Waals surface area contributed by atoms with Gasteiger partial charge in [0.1, 0.15) is 23.7 Å². The normalized spacial score (nSPS) is 23.6. The number of aromatic nitrogens is 1. The van der Waals surface area contributed by atoms with Crippen LogP contribution in [-0.4, -0.2) is 71.0 Å². The maximum atomic E-state index is 13.7. The number of hydrogen-bond acceptors (Lipinski definition) is 7. The predicted molar refractivity (Wildman–Crippen MR) is 127 cm³/mol. The first-order chi connectivity index (χ1) is 18.2. The Morgan fingerprint density at radius 3 is 2.26 bits per heavy atom. The quantitative estimate of drug-likeness (QED) is 0.329. The molecule has 4 rings (SSSR count). The van der Waals surface area contributed by atoms with E-state index in [1.54, 1.807) is 4.90 Å². The minimum absolute atomic E-state index is 0.112. The lowest BCUT2D eigenvalue weighted by Crippen LogP contribution is -2.54. The smallest absolute Gasteiger partial charge is 0.385 e. The number of halogens is 6. The number of amides is 2. The van der Waals surface area contributed by atoms with Gasteiger partial charge in [-0.1, -0.05) is 0 Å². The lowest BCUT2D eigenvalue weighted by Gasteiger charge is -2.37. The van der Waals surface area contributed by atoms with Gasteiger partial charge in [0, 0.05) is 49.6 Å². The molecule has 214 valence electrons. The van der Waals surface area contributed by atoms with Gasteiger partial charge in [0.15, 0.2) is 0 Å². The molecule has 9 nitrogen and oxygen atoms in total. The van der Waals surface area contributed by atoms with Gasteiger partial charge in [-0.05, 0) is 38.2 Å². The zero-order valence-electron chi connectivity index (χ0n) is 20.7. The number of rotatable bonds is 4. The number of carbonyl (C=O) groups is 2. The minimum Gasteiger partial charge on any atom is -0.385 e. The van der Waals surface area contributed by atoms with E-state index in [0.29, 0.717) is 32.1 Å². The molecule has 15 heteroatoms. The van der Waals surface area contributed by atoms with Crippen LogP contribution in [0.3, 0.4) is 0 Å². The first-order valence-electron chi connectivity index (χ1n) is 12.5. The van der Waals surface area contributed by atoms with Crippen LogP contribution in [0.1, 0.15) is 48.0 Å². The Balaban J connectivity index is 1.53. The Bertz CT molecular complexity index is 1170. The van der Waals surface area contributed by atoms with Crippen LogP contribution >= 0.6 is 0 Å². The van der Waals surface area contributed by atoms with Crippen molar-refractivity contribution in [2.24, 2.45) is 17.6 Å². The van der Waals surface area contributed by atoms with Crippen LogP contribution in [-0.2, 0) is 11.0 Å². The fourth-order valence-corrected chi connectivity index (χ4v) is 5.31. The van der Waals surface area contributed by atoms with E-state index in [9.17, 15) is 41.0 Å². The van der Waals surface area contributed by atoms with E-state index in [0.717, 1.165) is 12.5 Å².